The van der Waals surface area contributed by atoms with Gasteiger partial charge in [0.2, 0.25) is 5.88 Å². The molecule has 0 aliphatic rings. The van der Waals surface area contributed by atoms with Gasteiger partial charge in [-0.05, 0) is 0 Å². The van der Waals surface area contributed by atoms with Crippen LogP contribution in [-0.2, 0) is 0 Å². The van der Waals surface area contributed by atoms with Crippen molar-refractivity contribution in [1.29, 1.82) is 0 Å². The van der Waals surface area contributed by atoms with Crippen LogP contribution in [0.1, 0.15) is 25.6 Å². The second-order valence-electron chi connectivity index (χ2n) is 3.14. The zero-order valence-electron chi connectivity index (χ0n) is 8.33. The first-order valence-electron chi connectivity index (χ1n) is 4.41. The first kappa shape index (κ1) is 11.0. The van der Waals surface area contributed by atoms with Crippen molar-refractivity contribution in [2.75, 3.05) is 6.61 Å². The van der Waals surface area contributed by atoms with Crippen molar-refractivity contribution in [3.05, 3.63) is 29.7 Å². The summed E-state index contributed by atoms with van der Waals surface area (Å²) in [6, 6.07) is 1.59. The van der Waals surface area contributed by atoms with Crippen molar-refractivity contribution in [3.8, 4) is 5.88 Å². The van der Waals surface area contributed by atoms with Crippen LogP contribution in [0.15, 0.2) is 18.7 Å². The molecule has 0 radical (unpaired) electrons. The van der Waals surface area contributed by atoms with E-state index in [2.05, 4.69) is 16.5 Å². The molecule has 0 aliphatic carbocycles. The molecule has 0 fully saturated rings. The Labute approximate surface area is 88.8 Å². The largest absolute Gasteiger partial charge is 0.473 e. The number of hydrogen-bond donors (Lipinski definition) is 0. The quantitative estimate of drug-likeness (QED) is 0.569. The van der Waals surface area contributed by atoms with E-state index in [1.54, 1.807) is 12.1 Å². The number of rotatable bonds is 4. The molecule has 4 heteroatoms. The lowest BCUT2D eigenvalue weighted by atomic mass is 10.2. The van der Waals surface area contributed by atoms with E-state index in [-0.39, 0.29) is 5.92 Å². The third-order valence-corrected chi connectivity index (χ3v) is 1.75. The molecule has 0 spiro atoms. The van der Waals surface area contributed by atoms with Crippen molar-refractivity contribution in [1.82, 2.24) is 9.97 Å². The summed E-state index contributed by atoms with van der Waals surface area (Å²) in [6.07, 6.45) is 1.66. The molecule has 1 heterocycles. The molecule has 0 saturated heterocycles. The summed E-state index contributed by atoms with van der Waals surface area (Å²) < 4.78 is 5.27. The minimum Gasteiger partial charge on any atom is -0.473 e. The molecule has 0 aliphatic heterocycles. The Morgan fingerprint density at radius 2 is 2.29 bits per heavy atom. The Morgan fingerprint density at radius 1 is 1.57 bits per heavy atom. The molecule has 0 atom stereocenters. The number of hydrogen-bond acceptors (Lipinski definition) is 3. The van der Waals surface area contributed by atoms with Gasteiger partial charge < -0.3 is 4.74 Å². The SMILES string of the molecule is C=CCOc1cc(Cl)nc(C(C)C)n1. The fourth-order valence-electron chi connectivity index (χ4n) is 0.890. The second kappa shape index (κ2) is 4.96. The highest BCUT2D eigenvalue weighted by Gasteiger charge is 2.07. The van der Waals surface area contributed by atoms with E-state index in [1.807, 2.05) is 13.8 Å². The van der Waals surface area contributed by atoms with Crippen LogP contribution in [0.4, 0.5) is 0 Å². The van der Waals surface area contributed by atoms with E-state index >= 15 is 0 Å². The lowest BCUT2D eigenvalue weighted by molar-refractivity contribution is 0.346. The Kier molecular flexibility index (Phi) is 3.89. The molecule has 1 rings (SSSR count). The highest BCUT2D eigenvalue weighted by atomic mass is 35.5. The van der Waals surface area contributed by atoms with Gasteiger partial charge >= 0.3 is 0 Å². The van der Waals surface area contributed by atoms with Gasteiger partial charge in [0.05, 0.1) is 0 Å². The Bertz CT molecular complexity index is 326. The summed E-state index contributed by atoms with van der Waals surface area (Å²) in [6.45, 7) is 7.98. The van der Waals surface area contributed by atoms with Gasteiger partial charge in [0.1, 0.15) is 17.6 Å². The summed E-state index contributed by atoms with van der Waals surface area (Å²) in [5, 5.41) is 0.405. The van der Waals surface area contributed by atoms with Crippen LogP contribution in [0.2, 0.25) is 5.15 Å². The average Bonchev–Trinajstić information content (AvgIpc) is 2.14. The van der Waals surface area contributed by atoms with Gasteiger partial charge in [0.15, 0.2) is 0 Å². The number of halogens is 1. The topological polar surface area (TPSA) is 35.0 Å². The average molecular weight is 213 g/mol. The third kappa shape index (κ3) is 3.00. The molecule has 0 aromatic carbocycles. The highest BCUT2D eigenvalue weighted by Crippen LogP contribution is 2.18. The molecule has 1 aromatic heterocycles. The molecule has 14 heavy (non-hydrogen) atoms. The summed E-state index contributed by atoms with van der Waals surface area (Å²) in [7, 11) is 0. The van der Waals surface area contributed by atoms with Crippen LogP contribution >= 0.6 is 11.6 Å². The van der Waals surface area contributed by atoms with Gasteiger partial charge in [-0.25, -0.2) is 4.98 Å². The minimum atomic E-state index is 0.236. The maximum atomic E-state index is 5.82. The molecule has 1 aromatic rings. The van der Waals surface area contributed by atoms with Crippen molar-refractivity contribution < 1.29 is 4.74 Å². The monoisotopic (exact) mass is 212 g/mol. The third-order valence-electron chi connectivity index (χ3n) is 1.55. The van der Waals surface area contributed by atoms with Crippen molar-refractivity contribution in [2.45, 2.75) is 19.8 Å². The maximum Gasteiger partial charge on any atom is 0.218 e. The van der Waals surface area contributed by atoms with Crippen LogP contribution in [0.5, 0.6) is 5.88 Å². The predicted molar refractivity (Wildman–Crippen MR) is 56.8 cm³/mol. The van der Waals surface area contributed by atoms with Crippen LogP contribution in [0.3, 0.4) is 0 Å². The van der Waals surface area contributed by atoms with E-state index in [0.717, 1.165) is 0 Å². The van der Waals surface area contributed by atoms with Crippen molar-refractivity contribution >= 4 is 11.6 Å². The first-order chi connectivity index (χ1) is 6.63. The highest BCUT2D eigenvalue weighted by molar-refractivity contribution is 6.29. The minimum absolute atomic E-state index is 0.236. The number of nitrogens with zero attached hydrogens (tertiary/aromatic N) is 2. The van der Waals surface area contributed by atoms with Gasteiger partial charge in [-0.3, -0.25) is 0 Å². The lowest BCUT2D eigenvalue weighted by Crippen LogP contribution is -2.02. The van der Waals surface area contributed by atoms with Gasteiger partial charge in [-0.1, -0.05) is 38.1 Å². The van der Waals surface area contributed by atoms with Gasteiger partial charge in [-0.2, -0.15) is 4.98 Å². The number of aromatic nitrogens is 2. The fraction of sp³-hybridized carbons (Fsp3) is 0.400. The Balaban J connectivity index is 2.89. The molecule has 0 N–H and O–H groups in total. The molecular weight excluding hydrogens is 200 g/mol. The second-order valence-corrected chi connectivity index (χ2v) is 3.53. The van der Waals surface area contributed by atoms with E-state index in [9.17, 15) is 0 Å². The smallest absolute Gasteiger partial charge is 0.218 e. The number of ether oxygens (including phenoxy) is 1. The summed E-state index contributed by atoms with van der Waals surface area (Å²) in [4.78, 5) is 8.29. The van der Waals surface area contributed by atoms with Crippen LogP contribution in [0, 0.1) is 0 Å². The van der Waals surface area contributed by atoms with Crippen LogP contribution in [-0.4, -0.2) is 16.6 Å². The predicted octanol–water partition coefficient (Wildman–Crippen LogP) is 2.82. The van der Waals surface area contributed by atoms with Crippen molar-refractivity contribution in [2.24, 2.45) is 0 Å². The zero-order valence-corrected chi connectivity index (χ0v) is 9.08. The Morgan fingerprint density at radius 3 is 2.86 bits per heavy atom. The van der Waals surface area contributed by atoms with E-state index in [1.165, 1.54) is 0 Å². The molecule has 3 nitrogen and oxygen atoms in total. The van der Waals surface area contributed by atoms with Gasteiger partial charge in [-0.15, -0.1) is 0 Å². The Hall–Kier alpha value is -1.09. The van der Waals surface area contributed by atoms with Crippen LogP contribution in [0.25, 0.3) is 0 Å². The van der Waals surface area contributed by atoms with Gasteiger partial charge in [0.25, 0.3) is 0 Å². The van der Waals surface area contributed by atoms with E-state index in [0.29, 0.717) is 23.5 Å². The molecule has 0 bridgehead atoms. The van der Waals surface area contributed by atoms with E-state index in [4.69, 9.17) is 16.3 Å². The molecule has 0 unspecified atom stereocenters. The summed E-state index contributed by atoms with van der Waals surface area (Å²) >= 11 is 5.82. The summed E-state index contributed by atoms with van der Waals surface area (Å²) in [5.74, 6) is 1.42. The maximum absolute atomic E-state index is 5.82. The van der Waals surface area contributed by atoms with E-state index < -0.39 is 0 Å². The van der Waals surface area contributed by atoms with Gasteiger partial charge in [0, 0.05) is 12.0 Å². The standard InChI is InChI=1S/C10H13ClN2O/c1-4-5-14-9-6-8(11)12-10(13-9)7(2)3/h4,6-7H,1,5H2,2-3H3. The molecule has 0 amide bonds. The normalized spacial score (nSPS) is 10.3. The lowest BCUT2D eigenvalue weighted by Gasteiger charge is -2.07. The molecule has 0 saturated carbocycles. The zero-order chi connectivity index (χ0) is 10.6. The van der Waals surface area contributed by atoms with Crippen LogP contribution < -0.4 is 4.74 Å². The summed E-state index contributed by atoms with van der Waals surface area (Å²) in [5.41, 5.74) is 0. The van der Waals surface area contributed by atoms with Crippen molar-refractivity contribution in [3.63, 3.8) is 0 Å². The first-order valence-corrected chi connectivity index (χ1v) is 4.79. The molecular formula is C10H13ClN2O. The fourth-order valence-corrected chi connectivity index (χ4v) is 1.07. The molecule has 76 valence electrons.